The number of aromatic nitrogens is 2. The molecule has 1 aliphatic rings. The summed E-state index contributed by atoms with van der Waals surface area (Å²) in [6.07, 6.45) is 6.39. The quantitative estimate of drug-likeness (QED) is 0.900. The van der Waals surface area contributed by atoms with Crippen molar-refractivity contribution in [1.29, 1.82) is 0 Å². The van der Waals surface area contributed by atoms with Crippen LogP contribution in [0.5, 0.6) is 5.75 Å². The van der Waals surface area contributed by atoms with E-state index in [9.17, 15) is 4.79 Å². The molecule has 1 heterocycles. The molecule has 0 unspecified atom stereocenters. The number of nitrogens with one attached hydrogen (secondary N) is 1. The van der Waals surface area contributed by atoms with E-state index in [-0.39, 0.29) is 12.5 Å². The molecule has 1 amide bonds. The second kappa shape index (κ2) is 7.04. The number of ether oxygens (including phenoxy) is 1. The third kappa shape index (κ3) is 3.85. The Hall–Kier alpha value is -2.01. The maximum absolute atomic E-state index is 12.1. The average Bonchev–Trinajstić information content (AvgIpc) is 3.17. The number of hydrogen-bond donors (Lipinski definition) is 1. The summed E-state index contributed by atoms with van der Waals surface area (Å²) in [5, 5.41) is 7.87. The topological polar surface area (TPSA) is 56.1 Å². The van der Waals surface area contributed by atoms with Gasteiger partial charge in [0.05, 0.1) is 12.2 Å². The molecule has 23 heavy (non-hydrogen) atoms. The van der Waals surface area contributed by atoms with Gasteiger partial charge in [0, 0.05) is 11.1 Å². The summed E-state index contributed by atoms with van der Waals surface area (Å²) in [7, 11) is 0. The highest BCUT2D eigenvalue weighted by atomic mass is 35.5. The maximum atomic E-state index is 12.1. The van der Waals surface area contributed by atoms with Gasteiger partial charge in [-0.25, -0.2) is 4.68 Å². The van der Waals surface area contributed by atoms with E-state index < -0.39 is 0 Å². The molecule has 0 radical (unpaired) electrons. The zero-order chi connectivity index (χ0) is 16.2. The van der Waals surface area contributed by atoms with E-state index >= 15 is 0 Å². The lowest BCUT2D eigenvalue weighted by Crippen LogP contribution is -2.23. The van der Waals surface area contributed by atoms with Crippen LogP contribution in [0.1, 0.15) is 37.3 Å². The van der Waals surface area contributed by atoms with E-state index in [4.69, 9.17) is 16.3 Å². The summed E-state index contributed by atoms with van der Waals surface area (Å²) in [5.74, 6) is 1.20. The lowest BCUT2D eigenvalue weighted by Gasteiger charge is -2.15. The molecule has 1 saturated carbocycles. The molecular weight excluding hydrogens is 314 g/mol. The Balaban J connectivity index is 1.58. The minimum absolute atomic E-state index is 0.0433. The Bertz CT molecular complexity index is 693. The Morgan fingerprint density at radius 1 is 1.39 bits per heavy atom. The number of aryl methyl sites for hydroxylation is 1. The first kappa shape index (κ1) is 15.9. The third-order valence-electron chi connectivity index (χ3n) is 4.10. The van der Waals surface area contributed by atoms with Crippen molar-refractivity contribution in [2.24, 2.45) is 0 Å². The highest BCUT2D eigenvalue weighted by Crippen LogP contribution is 2.31. The van der Waals surface area contributed by atoms with Gasteiger partial charge in [-0.15, -0.1) is 0 Å². The van der Waals surface area contributed by atoms with Gasteiger partial charge in [-0.05, 0) is 43.5 Å². The summed E-state index contributed by atoms with van der Waals surface area (Å²) in [5.41, 5.74) is 0.904. The van der Waals surface area contributed by atoms with Gasteiger partial charge in [-0.2, -0.15) is 5.10 Å². The molecule has 5 nitrogen and oxygen atoms in total. The highest BCUT2D eigenvalue weighted by molar-refractivity contribution is 6.30. The van der Waals surface area contributed by atoms with Crippen LogP contribution in [0.2, 0.25) is 5.02 Å². The smallest absolute Gasteiger partial charge is 0.263 e. The molecule has 0 aliphatic heterocycles. The van der Waals surface area contributed by atoms with Crippen LogP contribution in [0, 0.1) is 6.92 Å². The maximum Gasteiger partial charge on any atom is 0.263 e. The van der Waals surface area contributed by atoms with Gasteiger partial charge in [-0.1, -0.05) is 24.4 Å². The van der Waals surface area contributed by atoms with Crippen LogP contribution < -0.4 is 10.1 Å². The summed E-state index contributed by atoms with van der Waals surface area (Å²) >= 11 is 5.91. The first-order valence-corrected chi connectivity index (χ1v) is 8.23. The Labute approximate surface area is 140 Å². The number of carbonyl (C=O) groups is 1. The van der Waals surface area contributed by atoms with Crippen molar-refractivity contribution in [2.75, 3.05) is 11.9 Å². The summed E-state index contributed by atoms with van der Waals surface area (Å²) in [4.78, 5) is 12.1. The summed E-state index contributed by atoms with van der Waals surface area (Å²) in [6, 6.07) is 7.54. The second-order valence-corrected chi connectivity index (χ2v) is 6.28. The zero-order valence-corrected chi connectivity index (χ0v) is 13.8. The molecule has 2 aromatic rings. The van der Waals surface area contributed by atoms with Gasteiger partial charge in [0.15, 0.2) is 6.61 Å². The number of carbonyl (C=O) groups excluding carboxylic acids is 1. The molecule has 1 aliphatic carbocycles. The van der Waals surface area contributed by atoms with E-state index in [1.54, 1.807) is 18.3 Å². The number of rotatable bonds is 5. The van der Waals surface area contributed by atoms with E-state index in [1.165, 1.54) is 12.8 Å². The fourth-order valence-electron chi connectivity index (χ4n) is 2.95. The van der Waals surface area contributed by atoms with Gasteiger partial charge in [-0.3, -0.25) is 4.79 Å². The van der Waals surface area contributed by atoms with Gasteiger partial charge in [0.2, 0.25) is 0 Å². The van der Waals surface area contributed by atoms with Gasteiger partial charge in [0.25, 0.3) is 5.91 Å². The van der Waals surface area contributed by atoms with E-state index in [0.29, 0.717) is 16.8 Å². The number of anilines is 1. The molecule has 0 bridgehead atoms. The number of nitrogens with zero attached hydrogens (tertiary/aromatic N) is 2. The predicted molar refractivity (Wildman–Crippen MR) is 90.0 cm³/mol. The van der Waals surface area contributed by atoms with Crippen LogP contribution >= 0.6 is 11.6 Å². The van der Waals surface area contributed by atoms with Crippen molar-refractivity contribution in [3.05, 3.63) is 41.0 Å². The van der Waals surface area contributed by atoms with Crippen molar-refractivity contribution in [3.8, 4) is 5.75 Å². The SMILES string of the molecule is Cc1cc(Cl)ccc1OCC(=O)Nc1ccnn1C1CCCC1. The van der Waals surface area contributed by atoms with Gasteiger partial charge < -0.3 is 10.1 Å². The van der Waals surface area contributed by atoms with Crippen molar-refractivity contribution in [2.45, 2.75) is 38.6 Å². The van der Waals surface area contributed by atoms with E-state index in [1.807, 2.05) is 23.7 Å². The van der Waals surface area contributed by atoms with Gasteiger partial charge in [0.1, 0.15) is 11.6 Å². The molecule has 1 aromatic heterocycles. The summed E-state index contributed by atoms with van der Waals surface area (Å²) in [6.45, 7) is 1.85. The Morgan fingerprint density at radius 2 is 2.17 bits per heavy atom. The van der Waals surface area contributed by atoms with Crippen LogP contribution in [-0.2, 0) is 4.79 Å². The Morgan fingerprint density at radius 3 is 2.91 bits per heavy atom. The fourth-order valence-corrected chi connectivity index (χ4v) is 3.18. The molecule has 1 aromatic carbocycles. The zero-order valence-electron chi connectivity index (χ0n) is 13.1. The standard InChI is InChI=1S/C17H20ClN3O2/c1-12-10-13(18)6-7-15(12)23-11-17(22)20-16-8-9-19-21(16)14-4-2-3-5-14/h6-10,14H,2-5,11H2,1H3,(H,20,22). The normalized spacial score (nSPS) is 14.9. The fraction of sp³-hybridized carbons (Fsp3) is 0.412. The van der Waals surface area contributed by atoms with E-state index in [0.717, 1.165) is 24.2 Å². The molecule has 1 N–H and O–H groups in total. The van der Waals surface area contributed by atoms with Crippen LogP contribution in [0.3, 0.4) is 0 Å². The molecular formula is C17H20ClN3O2. The number of hydrogen-bond acceptors (Lipinski definition) is 3. The van der Waals surface area contributed by atoms with Gasteiger partial charge >= 0.3 is 0 Å². The molecule has 1 fully saturated rings. The Kier molecular flexibility index (Phi) is 4.86. The molecule has 0 saturated heterocycles. The highest BCUT2D eigenvalue weighted by Gasteiger charge is 2.20. The number of benzene rings is 1. The number of amides is 1. The first-order valence-electron chi connectivity index (χ1n) is 7.86. The molecule has 0 spiro atoms. The number of halogens is 1. The molecule has 6 heteroatoms. The van der Waals surface area contributed by atoms with Crippen molar-refractivity contribution < 1.29 is 9.53 Å². The van der Waals surface area contributed by atoms with Crippen molar-refractivity contribution in [1.82, 2.24) is 9.78 Å². The lowest BCUT2D eigenvalue weighted by molar-refractivity contribution is -0.118. The van der Waals surface area contributed by atoms with Crippen molar-refractivity contribution in [3.63, 3.8) is 0 Å². The second-order valence-electron chi connectivity index (χ2n) is 5.85. The minimum Gasteiger partial charge on any atom is -0.483 e. The largest absolute Gasteiger partial charge is 0.483 e. The predicted octanol–water partition coefficient (Wildman–Crippen LogP) is 3.98. The van der Waals surface area contributed by atoms with Crippen LogP contribution in [0.15, 0.2) is 30.5 Å². The van der Waals surface area contributed by atoms with Crippen molar-refractivity contribution >= 4 is 23.3 Å². The average molecular weight is 334 g/mol. The molecule has 0 atom stereocenters. The molecule has 122 valence electrons. The van der Waals surface area contributed by atoms with E-state index in [2.05, 4.69) is 10.4 Å². The third-order valence-corrected chi connectivity index (χ3v) is 4.34. The van der Waals surface area contributed by atoms with Crippen LogP contribution in [-0.4, -0.2) is 22.3 Å². The minimum atomic E-state index is -0.195. The monoisotopic (exact) mass is 333 g/mol. The lowest BCUT2D eigenvalue weighted by atomic mass is 10.2. The van der Waals surface area contributed by atoms with Crippen LogP contribution in [0.25, 0.3) is 0 Å². The molecule has 3 rings (SSSR count). The first-order chi connectivity index (χ1) is 11.1. The van der Waals surface area contributed by atoms with Crippen LogP contribution in [0.4, 0.5) is 5.82 Å². The summed E-state index contributed by atoms with van der Waals surface area (Å²) < 4.78 is 7.48.